The molecule has 52 valence electrons. The molecule has 1 rings (SSSR count). The van der Waals surface area contributed by atoms with E-state index in [2.05, 4.69) is 40.3 Å². The highest BCUT2D eigenvalue weighted by molar-refractivity contribution is 9.08. The molecule has 0 unspecified atom stereocenters. The second-order valence-electron chi connectivity index (χ2n) is 1.66. The van der Waals surface area contributed by atoms with Gasteiger partial charge in [-0.15, -0.1) is 0 Å². The van der Waals surface area contributed by atoms with Gasteiger partial charge in [-0.05, 0) is 12.2 Å². The van der Waals surface area contributed by atoms with Gasteiger partial charge in [0.2, 0.25) is 0 Å². The largest absolute Gasteiger partial charge is 0.205 e. The lowest BCUT2D eigenvalue weighted by Gasteiger charge is -1.99. The Bertz CT molecular complexity index is 212. The molecule has 0 aliphatic heterocycles. The van der Waals surface area contributed by atoms with Crippen LogP contribution in [0.1, 0.15) is 0 Å². The number of hydrogen-bond acceptors (Lipinski definition) is 2. The molecule has 0 heterocycles. The third-order valence-electron chi connectivity index (χ3n) is 1.06. The zero-order valence-electron chi connectivity index (χ0n) is 4.96. The number of allylic oxidation sites excluding steroid dienone is 4. The Kier molecular flexibility index (Phi) is 3.02. The van der Waals surface area contributed by atoms with Gasteiger partial charge in [0.1, 0.15) is 0 Å². The third-order valence-corrected chi connectivity index (χ3v) is 1.83. The van der Waals surface area contributed by atoms with Gasteiger partial charge in [0.15, 0.2) is 0 Å². The number of rotatable bonds is 0. The molecule has 10 heavy (non-hydrogen) atoms. The van der Waals surface area contributed by atoms with Crippen molar-refractivity contribution < 1.29 is 0 Å². The minimum absolute atomic E-state index is 0.819. The van der Waals surface area contributed by atoms with Gasteiger partial charge in [0.25, 0.3) is 0 Å². The molecule has 0 aromatic carbocycles. The van der Waals surface area contributed by atoms with E-state index in [9.17, 15) is 0 Å². The summed E-state index contributed by atoms with van der Waals surface area (Å²) in [5.41, 5.74) is 1.64. The predicted molar refractivity (Wildman–Crippen MR) is 51.0 cm³/mol. The first-order valence-corrected chi connectivity index (χ1v) is 4.03. The highest BCUT2D eigenvalue weighted by Gasteiger charge is 2.02. The van der Waals surface area contributed by atoms with E-state index < -0.39 is 0 Å². The summed E-state index contributed by atoms with van der Waals surface area (Å²) in [7, 11) is 0. The van der Waals surface area contributed by atoms with Crippen molar-refractivity contribution in [1.82, 2.24) is 0 Å². The Balaban J connectivity index is 2.96. The topological polar surface area (TPSA) is 24.7 Å². The lowest BCUT2D eigenvalue weighted by Crippen LogP contribution is -2.08. The fourth-order valence-electron chi connectivity index (χ4n) is 0.607. The molecule has 0 saturated heterocycles. The smallest absolute Gasteiger partial charge is 0.0976 e. The van der Waals surface area contributed by atoms with E-state index >= 15 is 0 Å². The minimum Gasteiger partial charge on any atom is -0.205 e. The first-order valence-electron chi connectivity index (χ1n) is 2.61. The maximum Gasteiger partial charge on any atom is 0.0976 e. The average Bonchev–Trinajstić information content (AvgIpc) is 2.04. The van der Waals surface area contributed by atoms with E-state index in [4.69, 9.17) is 0 Å². The second kappa shape index (κ2) is 3.83. The Labute approximate surface area is 76.1 Å². The van der Waals surface area contributed by atoms with Gasteiger partial charge in [-0.1, -0.05) is 12.2 Å². The molecule has 0 bridgehead atoms. The monoisotopic (exact) mass is 262 g/mol. The summed E-state index contributed by atoms with van der Waals surface area (Å²) in [5, 5.41) is 0. The van der Waals surface area contributed by atoms with Crippen molar-refractivity contribution in [3.8, 4) is 0 Å². The van der Waals surface area contributed by atoms with Crippen molar-refractivity contribution in [2.45, 2.75) is 0 Å². The summed E-state index contributed by atoms with van der Waals surface area (Å²) in [6.07, 6.45) is 7.55. The van der Waals surface area contributed by atoms with Crippen LogP contribution in [0.25, 0.3) is 0 Å². The zero-order chi connectivity index (χ0) is 7.40. The third kappa shape index (κ3) is 1.64. The summed E-state index contributed by atoms with van der Waals surface area (Å²) in [6, 6.07) is 0. The van der Waals surface area contributed by atoms with Crippen LogP contribution in [0.15, 0.2) is 32.3 Å². The van der Waals surface area contributed by atoms with Gasteiger partial charge in [-0.2, -0.15) is 0 Å². The molecule has 0 atom stereocenters. The van der Waals surface area contributed by atoms with Crippen molar-refractivity contribution in [1.29, 1.82) is 0 Å². The predicted octanol–water partition coefficient (Wildman–Crippen LogP) is 2.61. The molecule has 0 saturated carbocycles. The van der Waals surface area contributed by atoms with E-state index in [1.165, 1.54) is 0 Å². The highest BCUT2D eigenvalue weighted by Crippen LogP contribution is 2.02. The Hall–Kier alpha value is -0.220. The van der Waals surface area contributed by atoms with E-state index in [0.29, 0.717) is 0 Å². The molecular formula is C6H4Br2N2. The van der Waals surface area contributed by atoms with Crippen LogP contribution in [-0.4, -0.2) is 11.4 Å². The number of halogens is 2. The van der Waals surface area contributed by atoms with Crippen molar-refractivity contribution in [2.24, 2.45) is 8.04 Å². The van der Waals surface area contributed by atoms with E-state index in [1.807, 2.05) is 24.3 Å². The van der Waals surface area contributed by atoms with Crippen LogP contribution >= 0.6 is 32.3 Å². The summed E-state index contributed by atoms with van der Waals surface area (Å²) in [4.78, 5) is 0. The van der Waals surface area contributed by atoms with Crippen LogP contribution in [0.4, 0.5) is 0 Å². The Morgan fingerprint density at radius 2 is 1.30 bits per heavy atom. The summed E-state index contributed by atoms with van der Waals surface area (Å²) in [6.45, 7) is 0. The first-order chi connectivity index (χ1) is 4.88. The molecular weight excluding hydrogens is 260 g/mol. The van der Waals surface area contributed by atoms with Crippen LogP contribution < -0.4 is 0 Å². The molecule has 0 N–H and O–H groups in total. The minimum atomic E-state index is 0.819. The average molecular weight is 264 g/mol. The lowest BCUT2D eigenvalue weighted by molar-refractivity contribution is 1.84. The molecule has 0 aromatic rings. The second-order valence-corrected chi connectivity index (χ2v) is 2.37. The molecule has 0 amide bonds. The Morgan fingerprint density at radius 1 is 0.900 bits per heavy atom. The summed E-state index contributed by atoms with van der Waals surface area (Å²) < 4.78 is 7.66. The number of nitrogens with zero attached hydrogens (tertiary/aromatic N) is 2. The van der Waals surface area contributed by atoms with Gasteiger partial charge >= 0.3 is 0 Å². The van der Waals surface area contributed by atoms with Crippen molar-refractivity contribution >= 4 is 43.7 Å². The fourth-order valence-corrected chi connectivity index (χ4v) is 1.21. The molecule has 0 aromatic heterocycles. The van der Waals surface area contributed by atoms with Gasteiger partial charge < -0.3 is 0 Å². The van der Waals surface area contributed by atoms with Crippen LogP contribution in [0, 0.1) is 0 Å². The molecule has 0 spiro atoms. The normalized spacial score (nSPS) is 24.6. The quantitative estimate of drug-likeness (QED) is 0.601. The SMILES string of the molecule is BrN=C1C=CC=CC1=NBr. The van der Waals surface area contributed by atoms with Crippen molar-refractivity contribution in [3.05, 3.63) is 24.3 Å². The van der Waals surface area contributed by atoms with Crippen LogP contribution in [0.2, 0.25) is 0 Å². The van der Waals surface area contributed by atoms with Gasteiger partial charge in [-0.25, -0.2) is 8.04 Å². The number of hydrogen-bond donors (Lipinski definition) is 0. The Morgan fingerprint density at radius 3 is 1.60 bits per heavy atom. The van der Waals surface area contributed by atoms with E-state index in [0.717, 1.165) is 11.4 Å². The first kappa shape index (κ1) is 7.88. The van der Waals surface area contributed by atoms with E-state index in [1.54, 1.807) is 0 Å². The van der Waals surface area contributed by atoms with Crippen molar-refractivity contribution in [3.63, 3.8) is 0 Å². The molecule has 1 aliphatic rings. The van der Waals surface area contributed by atoms with Gasteiger partial charge in [-0.3, -0.25) is 0 Å². The maximum atomic E-state index is 3.83. The standard InChI is InChI=1S/C6H4Br2N2/c7-9-5-3-1-2-4-6(5)10-8/h1-4H. The molecule has 0 fully saturated rings. The van der Waals surface area contributed by atoms with Crippen LogP contribution in [-0.2, 0) is 0 Å². The molecule has 4 heteroatoms. The summed E-state index contributed by atoms with van der Waals surface area (Å²) in [5.74, 6) is 0. The highest BCUT2D eigenvalue weighted by atomic mass is 79.9. The van der Waals surface area contributed by atoms with Crippen LogP contribution in [0.5, 0.6) is 0 Å². The molecule has 0 radical (unpaired) electrons. The lowest BCUT2D eigenvalue weighted by atomic mass is 10.1. The van der Waals surface area contributed by atoms with Gasteiger partial charge in [0, 0.05) is 0 Å². The molecule has 2 nitrogen and oxygen atoms in total. The maximum absolute atomic E-state index is 3.83. The summed E-state index contributed by atoms with van der Waals surface area (Å²) >= 11 is 5.99. The molecule has 1 aliphatic carbocycles. The fraction of sp³-hybridized carbons (Fsp3) is 0. The zero-order valence-corrected chi connectivity index (χ0v) is 8.13. The van der Waals surface area contributed by atoms with Crippen molar-refractivity contribution in [2.75, 3.05) is 0 Å². The van der Waals surface area contributed by atoms with Crippen LogP contribution in [0.3, 0.4) is 0 Å². The van der Waals surface area contributed by atoms with E-state index in [-0.39, 0.29) is 0 Å². The van der Waals surface area contributed by atoms with Gasteiger partial charge in [0.05, 0.1) is 43.7 Å².